The molecule has 9 heteroatoms. The number of aryl methyl sites for hydroxylation is 1. The number of benzene rings is 3. The number of nitrogens with zero attached hydrogens (tertiary/aromatic N) is 1. The summed E-state index contributed by atoms with van der Waals surface area (Å²) in [6.45, 7) is 8.21. The smallest absolute Gasteiger partial charge is 0.253 e. The van der Waals surface area contributed by atoms with Crippen LogP contribution in [0, 0.1) is 6.92 Å². The Labute approximate surface area is 254 Å². The SMILES string of the molecule is CCCN(CCC)C(=O)c1cc(C)cc(C(=O)N[C@@H](Cc2ccc3c(c2)OCO3)[C@H](O)CNCc2cccc(OC)c2)c1. The quantitative estimate of drug-likeness (QED) is 0.240. The van der Waals surface area contributed by atoms with E-state index in [4.69, 9.17) is 14.2 Å². The number of rotatable bonds is 15. The highest BCUT2D eigenvalue weighted by Crippen LogP contribution is 2.33. The van der Waals surface area contributed by atoms with Crippen LogP contribution in [-0.4, -0.2) is 67.5 Å². The van der Waals surface area contributed by atoms with E-state index in [1.165, 1.54) is 0 Å². The number of carbonyl (C=O) groups is 2. The molecule has 0 aliphatic carbocycles. The molecule has 0 unspecified atom stereocenters. The van der Waals surface area contributed by atoms with Gasteiger partial charge in [-0.2, -0.15) is 0 Å². The molecular weight excluding hydrogens is 546 g/mol. The molecule has 3 aromatic rings. The topological polar surface area (TPSA) is 109 Å². The number of ether oxygens (including phenoxy) is 3. The van der Waals surface area contributed by atoms with Gasteiger partial charge in [0.05, 0.1) is 19.3 Å². The van der Waals surface area contributed by atoms with Crippen LogP contribution in [0.3, 0.4) is 0 Å². The van der Waals surface area contributed by atoms with Gasteiger partial charge in [0, 0.05) is 37.3 Å². The Morgan fingerprint density at radius 3 is 2.44 bits per heavy atom. The second-order valence-corrected chi connectivity index (χ2v) is 10.9. The van der Waals surface area contributed by atoms with Gasteiger partial charge < -0.3 is 34.9 Å². The minimum absolute atomic E-state index is 0.0832. The number of nitrogens with one attached hydrogen (secondary N) is 2. The van der Waals surface area contributed by atoms with Crippen molar-refractivity contribution in [2.24, 2.45) is 0 Å². The van der Waals surface area contributed by atoms with Crippen LogP contribution in [0.4, 0.5) is 0 Å². The molecule has 0 radical (unpaired) electrons. The van der Waals surface area contributed by atoms with Crippen LogP contribution in [-0.2, 0) is 13.0 Å². The number of hydrogen-bond acceptors (Lipinski definition) is 7. The summed E-state index contributed by atoms with van der Waals surface area (Å²) >= 11 is 0. The van der Waals surface area contributed by atoms with Gasteiger partial charge in [0.25, 0.3) is 11.8 Å². The molecule has 1 heterocycles. The Kier molecular flexibility index (Phi) is 11.4. The van der Waals surface area contributed by atoms with Crippen molar-refractivity contribution < 1.29 is 28.9 Å². The van der Waals surface area contributed by atoms with E-state index in [1.54, 1.807) is 19.2 Å². The van der Waals surface area contributed by atoms with E-state index < -0.39 is 12.1 Å². The highest BCUT2D eigenvalue weighted by atomic mass is 16.7. The zero-order valence-electron chi connectivity index (χ0n) is 25.5. The first-order chi connectivity index (χ1) is 20.8. The lowest BCUT2D eigenvalue weighted by molar-refractivity contribution is 0.0755. The second-order valence-electron chi connectivity index (χ2n) is 10.9. The summed E-state index contributed by atoms with van der Waals surface area (Å²) in [5.74, 6) is 1.63. The zero-order valence-corrected chi connectivity index (χ0v) is 25.5. The minimum Gasteiger partial charge on any atom is -0.497 e. The molecule has 3 aromatic carbocycles. The molecule has 230 valence electrons. The molecule has 0 bridgehead atoms. The summed E-state index contributed by atoms with van der Waals surface area (Å²) in [5, 5.41) is 17.6. The van der Waals surface area contributed by atoms with Gasteiger partial charge in [-0.05, 0) is 85.3 Å². The molecule has 3 N–H and O–H groups in total. The third kappa shape index (κ3) is 8.72. The maximum Gasteiger partial charge on any atom is 0.253 e. The molecule has 43 heavy (non-hydrogen) atoms. The van der Waals surface area contributed by atoms with E-state index >= 15 is 0 Å². The Bertz CT molecular complexity index is 1390. The van der Waals surface area contributed by atoms with E-state index in [-0.39, 0.29) is 25.2 Å². The fourth-order valence-corrected chi connectivity index (χ4v) is 5.22. The van der Waals surface area contributed by atoms with E-state index in [0.29, 0.717) is 48.7 Å². The van der Waals surface area contributed by atoms with Crippen LogP contribution in [0.1, 0.15) is 64.1 Å². The van der Waals surface area contributed by atoms with Gasteiger partial charge in [0.2, 0.25) is 6.79 Å². The van der Waals surface area contributed by atoms with Crippen molar-refractivity contribution in [3.8, 4) is 17.2 Å². The summed E-state index contributed by atoms with van der Waals surface area (Å²) in [5.41, 5.74) is 3.58. The normalized spacial score (nSPS) is 13.3. The Hall–Kier alpha value is -4.08. The Balaban J connectivity index is 1.51. The molecule has 0 aromatic heterocycles. The summed E-state index contributed by atoms with van der Waals surface area (Å²) < 4.78 is 16.3. The van der Waals surface area contributed by atoms with Crippen molar-refractivity contribution in [2.75, 3.05) is 33.5 Å². The van der Waals surface area contributed by atoms with Crippen molar-refractivity contribution in [1.29, 1.82) is 0 Å². The number of hydrogen-bond donors (Lipinski definition) is 3. The molecule has 1 aliphatic heterocycles. The van der Waals surface area contributed by atoms with Crippen molar-refractivity contribution in [3.63, 3.8) is 0 Å². The average molecular weight is 590 g/mol. The lowest BCUT2D eigenvalue weighted by Gasteiger charge is -2.25. The first-order valence-corrected chi connectivity index (χ1v) is 14.9. The summed E-state index contributed by atoms with van der Waals surface area (Å²) in [6.07, 6.45) is 1.17. The Morgan fingerprint density at radius 1 is 0.953 bits per heavy atom. The van der Waals surface area contributed by atoms with E-state index in [1.807, 2.05) is 74.2 Å². The van der Waals surface area contributed by atoms with Crippen molar-refractivity contribution in [1.82, 2.24) is 15.5 Å². The van der Waals surface area contributed by atoms with Crippen LogP contribution >= 0.6 is 0 Å². The first kappa shape index (κ1) is 31.8. The van der Waals surface area contributed by atoms with Crippen LogP contribution in [0.15, 0.2) is 60.7 Å². The fraction of sp³-hybridized carbons (Fsp3) is 0.412. The number of aliphatic hydroxyl groups is 1. The third-order valence-corrected chi connectivity index (χ3v) is 7.35. The van der Waals surface area contributed by atoms with Crippen molar-refractivity contribution >= 4 is 11.8 Å². The van der Waals surface area contributed by atoms with Gasteiger partial charge in [-0.1, -0.05) is 32.0 Å². The maximum absolute atomic E-state index is 13.6. The molecule has 0 fully saturated rings. The first-order valence-electron chi connectivity index (χ1n) is 14.9. The number of aliphatic hydroxyl groups excluding tert-OH is 1. The van der Waals surface area contributed by atoms with Gasteiger partial charge in [-0.3, -0.25) is 9.59 Å². The molecule has 2 amide bonds. The Morgan fingerprint density at radius 2 is 1.70 bits per heavy atom. The van der Waals surface area contributed by atoms with E-state index in [0.717, 1.165) is 35.3 Å². The second kappa shape index (κ2) is 15.4. The van der Waals surface area contributed by atoms with Gasteiger partial charge >= 0.3 is 0 Å². The summed E-state index contributed by atoms with van der Waals surface area (Å²) in [4.78, 5) is 28.8. The van der Waals surface area contributed by atoms with Gasteiger partial charge in [0.1, 0.15) is 5.75 Å². The zero-order chi connectivity index (χ0) is 30.8. The molecule has 1 aliphatic rings. The molecule has 0 saturated heterocycles. The van der Waals surface area contributed by atoms with Crippen molar-refractivity contribution in [3.05, 3.63) is 88.5 Å². The van der Waals surface area contributed by atoms with Crippen LogP contribution < -0.4 is 24.8 Å². The monoisotopic (exact) mass is 589 g/mol. The summed E-state index contributed by atoms with van der Waals surface area (Å²) in [6, 6.07) is 17.9. The van der Waals surface area contributed by atoms with E-state index in [2.05, 4.69) is 10.6 Å². The molecule has 0 saturated carbocycles. The molecule has 4 rings (SSSR count). The molecule has 2 atom stereocenters. The van der Waals surface area contributed by atoms with Gasteiger partial charge in [0.15, 0.2) is 11.5 Å². The third-order valence-electron chi connectivity index (χ3n) is 7.35. The van der Waals surface area contributed by atoms with Gasteiger partial charge in [-0.25, -0.2) is 0 Å². The fourth-order valence-electron chi connectivity index (χ4n) is 5.22. The lowest BCUT2D eigenvalue weighted by Crippen LogP contribution is -2.48. The molecule has 0 spiro atoms. The summed E-state index contributed by atoms with van der Waals surface area (Å²) in [7, 11) is 1.62. The average Bonchev–Trinajstić information content (AvgIpc) is 3.48. The number of methoxy groups -OCH3 is 1. The highest BCUT2D eigenvalue weighted by Gasteiger charge is 2.25. The van der Waals surface area contributed by atoms with Gasteiger partial charge in [-0.15, -0.1) is 0 Å². The standard InChI is InChI=1S/C34H43N3O6/c1-5-12-37(13-6-2)34(40)27-15-23(3)14-26(19-27)33(39)36-29(17-24-10-11-31-32(18-24)43-22-42-31)30(38)21-35-20-25-8-7-9-28(16-25)41-4/h7-11,14-16,18-19,29-30,35,38H,5-6,12-13,17,20-22H2,1-4H3,(H,36,39)/t29-,30+/m0/s1. The van der Waals surface area contributed by atoms with Crippen LogP contribution in [0.25, 0.3) is 0 Å². The largest absolute Gasteiger partial charge is 0.497 e. The minimum atomic E-state index is -0.907. The van der Waals surface area contributed by atoms with Crippen molar-refractivity contribution in [2.45, 2.75) is 58.7 Å². The number of carbonyl (C=O) groups excluding carboxylic acids is 2. The molecule has 9 nitrogen and oxygen atoms in total. The highest BCUT2D eigenvalue weighted by molar-refractivity contribution is 6.00. The lowest BCUT2D eigenvalue weighted by atomic mass is 9.99. The maximum atomic E-state index is 13.6. The van der Waals surface area contributed by atoms with Crippen LogP contribution in [0.2, 0.25) is 0 Å². The number of fused-ring (bicyclic) bond motifs is 1. The van der Waals surface area contributed by atoms with E-state index in [9.17, 15) is 14.7 Å². The predicted octanol–water partition coefficient (Wildman–Crippen LogP) is 4.49. The molecular formula is C34H43N3O6. The predicted molar refractivity (Wildman–Crippen MR) is 166 cm³/mol. The number of amides is 2. The van der Waals surface area contributed by atoms with Crippen LogP contribution in [0.5, 0.6) is 17.2 Å².